The Balaban J connectivity index is 1.77. The maximum absolute atomic E-state index is 12.6. The minimum atomic E-state index is -0.523. The molecule has 0 atom stereocenters. The lowest BCUT2D eigenvalue weighted by Crippen LogP contribution is -2.46. The maximum Gasteiger partial charge on any atom is 0.294 e. The van der Waals surface area contributed by atoms with Crippen molar-refractivity contribution in [2.24, 2.45) is 0 Å². The largest absolute Gasteiger partial charge is 0.504 e. The van der Waals surface area contributed by atoms with Crippen molar-refractivity contribution in [3.63, 3.8) is 0 Å². The molecule has 0 bridgehead atoms. The second kappa shape index (κ2) is 8.32. The Labute approximate surface area is 168 Å². The van der Waals surface area contributed by atoms with Gasteiger partial charge < -0.3 is 19.5 Å². The Morgan fingerprint density at radius 1 is 1.37 bits per heavy atom. The van der Waals surface area contributed by atoms with Crippen LogP contribution in [0.15, 0.2) is 21.5 Å². The number of amides is 3. The van der Waals surface area contributed by atoms with E-state index in [1.807, 2.05) is 0 Å². The number of methoxy groups -OCH3 is 1. The van der Waals surface area contributed by atoms with E-state index in [9.17, 15) is 19.5 Å². The molecule has 0 unspecified atom stereocenters. The van der Waals surface area contributed by atoms with E-state index < -0.39 is 11.1 Å². The molecule has 2 heterocycles. The standard InChI is InChI=1S/C17H17BrN2O6S/c1-25-13-6-10(11(18)8-12(13)21)7-14-16(23)20(17(24)27-14)9-15(22)19-2-4-26-5-3-19/h6-8,21H,2-5,9H2,1H3/b14-7-. The number of carbonyl (C=O) groups excluding carboxylic acids is 3. The molecule has 0 aromatic heterocycles. The average molecular weight is 457 g/mol. The van der Waals surface area contributed by atoms with Crippen molar-refractivity contribution >= 4 is 50.8 Å². The lowest BCUT2D eigenvalue weighted by molar-refractivity contribution is -0.139. The maximum atomic E-state index is 12.6. The van der Waals surface area contributed by atoms with E-state index in [1.165, 1.54) is 19.3 Å². The van der Waals surface area contributed by atoms with Gasteiger partial charge in [0.05, 0.1) is 25.2 Å². The second-order valence-electron chi connectivity index (χ2n) is 5.81. The van der Waals surface area contributed by atoms with E-state index in [1.54, 1.807) is 11.0 Å². The first-order chi connectivity index (χ1) is 12.9. The van der Waals surface area contributed by atoms with Gasteiger partial charge in [-0.05, 0) is 35.5 Å². The number of rotatable bonds is 4. The van der Waals surface area contributed by atoms with Gasteiger partial charge in [0.2, 0.25) is 5.91 Å². The highest BCUT2D eigenvalue weighted by Crippen LogP contribution is 2.37. The number of ether oxygens (including phenoxy) is 2. The molecule has 1 N–H and O–H groups in total. The number of hydrogen-bond donors (Lipinski definition) is 1. The summed E-state index contributed by atoms with van der Waals surface area (Å²) in [5, 5.41) is 9.28. The number of phenols is 1. The van der Waals surface area contributed by atoms with Crippen LogP contribution in [0.3, 0.4) is 0 Å². The fourth-order valence-electron chi connectivity index (χ4n) is 2.66. The van der Waals surface area contributed by atoms with Crippen LogP contribution in [0.2, 0.25) is 0 Å². The summed E-state index contributed by atoms with van der Waals surface area (Å²) in [6.07, 6.45) is 1.52. The number of imide groups is 1. The number of phenolic OH excluding ortho intramolecular Hbond substituents is 1. The number of morpholine rings is 1. The molecule has 2 fully saturated rings. The third kappa shape index (κ3) is 4.28. The number of benzene rings is 1. The Bertz CT molecular complexity index is 822. The molecule has 1 aromatic rings. The summed E-state index contributed by atoms with van der Waals surface area (Å²) in [4.78, 5) is 39.9. The van der Waals surface area contributed by atoms with Crippen LogP contribution in [-0.2, 0) is 14.3 Å². The highest BCUT2D eigenvalue weighted by Gasteiger charge is 2.37. The molecule has 27 heavy (non-hydrogen) atoms. The Morgan fingerprint density at radius 3 is 2.74 bits per heavy atom. The number of carbonyl (C=O) groups is 3. The SMILES string of the molecule is COc1cc(/C=C2\SC(=O)N(CC(=O)N3CCOCC3)C2=O)c(Br)cc1O. The van der Waals surface area contributed by atoms with Crippen LogP contribution in [0, 0.1) is 0 Å². The third-order valence-corrected chi connectivity index (χ3v) is 5.71. The van der Waals surface area contributed by atoms with E-state index in [0.717, 1.165) is 16.7 Å². The number of aromatic hydroxyl groups is 1. The molecular formula is C17H17BrN2O6S. The Morgan fingerprint density at radius 2 is 2.07 bits per heavy atom. The first-order valence-electron chi connectivity index (χ1n) is 8.08. The van der Waals surface area contributed by atoms with Crippen molar-refractivity contribution < 1.29 is 29.0 Å². The van der Waals surface area contributed by atoms with Crippen molar-refractivity contribution in [1.29, 1.82) is 0 Å². The van der Waals surface area contributed by atoms with Gasteiger partial charge in [-0.1, -0.05) is 15.9 Å². The smallest absolute Gasteiger partial charge is 0.294 e. The number of nitrogens with zero attached hydrogens (tertiary/aromatic N) is 2. The van der Waals surface area contributed by atoms with E-state index in [2.05, 4.69) is 15.9 Å². The molecule has 0 radical (unpaired) electrons. The molecule has 2 aliphatic heterocycles. The van der Waals surface area contributed by atoms with Gasteiger partial charge in [-0.25, -0.2) is 0 Å². The molecular weight excluding hydrogens is 440 g/mol. The molecule has 2 aliphatic rings. The molecule has 2 saturated heterocycles. The lowest BCUT2D eigenvalue weighted by Gasteiger charge is -2.28. The van der Waals surface area contributed by atoms with Crippen molar-refractivity contribution in [2.45, 2.75) is 0 Å². The first-order valence-corrected chi connectivity index (χ1v) is 9.69. The van der Waals surface area contributed by atoms with Crippen molar-refractivity contribution in [2.75, 3.05) is 40.0 Å². The summed E-state index contributed by atoms with van der Waals surface area (Å²) < 4.78 is 10.8. The second-order valence-corrected chi connectivity index (χ2v) is 7.65. The summed E-state index contributed by atoms with van der Waals surface area (Å²) in [6, 6.07) is 2.99. The van der Waals surface area contributed by atoms with E-state index in [0.29, 0.717) is 36.3 Å². The van der Waals surface area contributed by atoms with Gasteiger partial charge >= 0.3 is 0 Å². The van der Waals surface area contributed by atoms with Gasteiger partial charge in [0.15, 0.2) is 11.5 Å². The quantitative estimate of drug-likeness (QED) is 0.692. The molecule has 8 nitrogen and oxygen atoms in total. The summed E-state index contributed by atoms with van der Waals surface area (Å²) >= 11 is 4.08. The molecule has 0 aliphatic carbocycles. The van der Waals surface area contributed by atoms with Crippen LogP contribution in [0.4, 0.5) is 4.79 Å². The first kappa shape index (κ1) is 19.7. The van der Waals surface area contributed by atoms with Gasteiger partial charge in [-0.15, -0.1) is 0 Å². The Hall–Kier alpha value is -2.04. The molecule has 0 spiro atoms. The van der Waals surface area contributed by atoms with Crippen molar-refractivity contribution in [1.82, 2.24) is 9.80 Å². The van der Waals surface area contributed by atoms with Gasteiger partial charge in [0.25, 0.3) is 11.1 Å². The minimum Gasteiger partial charge on any atom is -0.504 e. The zero-order chi connectivity index (χ0) is 19.6. The fraction of sp³-hybridized carbons (Fsp3) is 0.353. The van der Waals surface area contributed by atoms with Crippen LogP contribution in [0.1, 0.15) is 5.56 Å². The zero-order valence-corrected chi connectivity index (χ0v) is 16.8. The minimum absolute atomic E-state index is 0.0502. The number of thioether (sulfide) groups is 1. The Kier molecular flexibility index (Phi) is 6.08. The molecule has 10 heteroatoms. The summed E-state index contributed by atoms with van der Waals surface area (Å²) in [7, 11) is 1.41. The molecule has 1 aromatic carbocycles. The highest BCUT2D eigenvalue weighted by atomic mass is 79.9. The van der Waals surface area contributed by atoms with Gasteiger partial charge in [-0.2, -0.15) is 0 Å². The zero-order valence-electron chi connectivity index (χ0n) is 14.4. The monoisotopic (exact) mass is 456 g/mol. The van der Waals surface area contributed by atoms with E-state index in [4.69, 9.17) is 9.47 Å². The fourth-order valence-corrected chi connectivity index (χ4v) is 3.93. The normalized spacial score (nSPS) is 19.1. The average Bonchev–Trinajstić information content (AvgIpc) is 2.92. The molecule has 3 rings (SSSR count). The number of halogens is 1. The van der Waals surface area contributed by atoms with Crippen LogP contribution in [0.5, 0.6) is 11.5 Å². The van der Waals surface area contributed by atoms with Crippen molar-refractivity contribution in [3.8, 4) is 11.5 Å². The van der Waals surface area contributed by atoms with Crippen LogP contribution >= 0.6 is 27.7 Å². The lowest BCUT2D eigenvalue weighted by atomic mass is 10.2. The third-order valence-electron chi connectivity index (χ3n) is 4.12. The summed E-state index contributed by atoms with van der Waals surface area (Å²) in [5.74, 6) is -0.614. The van der Waals surface area contributed by atoms with Gasteiger partial charge in [0, 0.05) is 17.6 Å². The van der Waals surface area contributed by atoms with Gasteiger partial charge in [0.1, 0.15) is 6.54 Å². The molecule has 144 valence electrons. The van der Waals surface area contributed by atoms with Crippen LogP contribution in [-0.4, -0.2) is 71.9 Å². The van der Waals surface area contributed by atoms with E-state index >= 15 is 0 Å². The molecule has 3 amide bonds. The molecule has 0 saturated carbocycles. The topological polar surface area (TPSA) is 96.4 Å². The van der Waals surface area contributed by atoms with Crippen LogP contribution < -0.4 is 4.74 Å². The highest BCUT2D eigenvalue weighted by molar-refractivity contribution is 9.10. The van der Waals surface area contributed by atoms with Crippen molar-refractivity contribution in [3.05, 3.63) is 27.1 Å². The summed E-state index contributed by atoms with van der Waals surface area (Å²) in [5.41, 5.74) is 0.564. The number of hydrogen-bond acceptors (Lipinski definition) is 7. The predicted octanol–water partition coefficient (Wildman–Crippen LogP) is 2.06. The summed E-state index contributed by atoms with van der Waals surface area (Å²) in [6.45, 7) is 1.51. The van der Waals surface area contributed by atoms with E-state index in [-0.39, 0.29) is 28.9 Å². The van der Waals surface area contributed by atoms with Gasteiger partial charge in [-0.3, -0.25) is 19.3 Å². The predicted molar refractivity (Wildman–Crippen MR) is 102 cm³/mol. The van der Waals surface area contributed by atoms with Crippen LogP contribution in [0.25, 0.3) is 6.08 Å².